The van der Waals surface area contributed by atoms with Crippen molar-refractivity contribution in [3.05, 3.63) is 35.8 Å². The van der Waals surface area contributed by atoms with Crippen LogP contribution in [-0.2, 0) is 23.1 Å². The van der Waals surface area contributed by atoms with Gasteiger partial charge in [-0.3, -0.25) is 4.79 Å². The molecule has 184 valence electrons. The average molecular weight is 507 g/mol. The molecule has 0 spiro atoms. The number of rotatable bonds is 5. The molecule has 0 saturated heterocycles. The summed E-state index contributed by atoms with van der Waals surface area (Å²) in [5.41, 5.74) is -0.791. The standard InChI is InChI=1S/C21H20F3N7O3S/c1-4-35(33,34)19-15(18-27-13-9-11(21(22,23)24)10-26-16(13)30(18)3)17-25-8-7-14(31(17)28-19)20(32)29(2)12-5-6-12/h7-10,12H,4-6H2,1-3H3. The normalized spacial score (nSPS) is 14.7. The largest absolute Gasteiger partial charge is 0.417 e. The fraction of sp³-hybridized carbons (Fsp3) is 0.381. The molecule has 1 aliphatic rings. The Bertz CT molecular complexity index is 1600. The topological polar surface area (TPSA) is 115 Å². The minimum absolute atomic E-state index is 0.00960. The maximum absolute atomic E-state index is 13.2. The summed E-state index contributed by atoms with van der Waals surface area (Å²) < 4.78 is 68.2. The van der Waals surface area contributed by atoms with Crippen LogP contribution in [0.5, 0.6) is 0 Å². The van der Waals surface area contributed by atoms with Gasteiger partial charge in [-0.2, -0.15) is 18.3 Å². The minimum atomic E-state index is -4.62. The molecule has 1 aliphatic carbocycles. The maximum Gasteiger partial charge on any atom is 0.417 e. The van der Waals surface area contributed by atoms with E-state index >= 15 is 0 Å². The van der Waals surface area contributed by atoms with Crippen LogP contribution in [0.25, 0.3) is 28.2 Å². The van der Waals surface area contributed by atoms with Gasteiger partial charge in [0.05, 0.1) is 11.3 Å². The van der Waals surface area contributed by atoms with Crippen LogP contribution in [0.15, 0.2) is 29.6 Å². The number of sulfone groups is 1. The van der Waals surface area contributed by atoms with Crippen LogP contribution in [0, 0.1) is 0 Å². The van der Waals surface area contributed by atoms with Gasteiger partial charge in [0.2, 0.25) is 0 Å². The number of imidazole rings is 1. The Labute approximate surface area is 197 Å². The molecule has 0 bridgehead atoms. The third-order valence-electron chi connectivity index (χ3n) is 6.05. The van der Waals surface area contributed by atoms with Crippen molar-refractivity contribution in [2.75, 3.05) is 12.8 Å². The van der Waals surface area contributed by atoms with Crippen molar-refractivity contribution >= 4 is 32.6 Å². The highest BCUT2D eigenvalue weighted by Gasteiger charge is 2.35. The zero-order chi connectivity index (χ0) is 25.3. The second kappa shape index (κ2) is 7.73. The van der Waals surface area contributed by atoms with E-state index in [2.05, 4.69) is 20.1 Å². The predicted molar refractivity (Wildman–Crippen MR) is 118 cm³/mol. The Kier molecular flexibility index (Phi) is 5.12. The second-order valence-electron chi connectivity index (χ2n) is 8.36. The smallest absolute Gasteiger partial charge is 0.337 e. The van der Waals surface area contributed by atoms with Gasteiger partial charge < -0.3 is 9.47 Å². The molecule has 0 radical (unpaired) electrons. The van der Waals surface area contributed by atoms with E-state index in [0.29, 0.717) is 6.20 Å². The van der Waals surface area contributed by atoms with Crippen LogP contribution < -0.4 is 0 Å². The lowest BCUT2D eigenvalue weighted by Gasteiger charge is -2.16. The number of amides is 1. The molecule has 1 fully saturated rings. The van der Waals surface area contributed by atoms with Gasteiger partial charge in [-0.25, -0.2) is 27.9 Å². The summed E-state index contributed by atoms with van der Waals surface area (Å²) in [5.74, 6) is -0.632. The van der Waals surface area contributed by atoms with E-state index in [0.717, 1.165) is 23.4 Å². The molecule has 1 amide bonds. The molecule has 0 aliphatic heterocycles. The van der Waals surface area contributed by atoms with E-state index in [1.54, 1.807) is 11.9 Å². The van der Waals surface area contributed by atoms with Crippen LogP contribution in [0.2, 0.25) is 0 Å². The van der Waals surface area contributed by atoms with Crippen molar-refractivity contribution in [2.45, 2.75) is 37.0 Å². The van der Waals surface area contributed by atoms with E-state index < -0.39 is 21.6 Å². The van der Waals surface area contributed by atoms with Crippen LogP contribution in [0.1, 0.15) is 35.8 Å². The molecule has 0 unspecified atom stereocenters. The Hall–Kier alpha value is -3.55. The first-order chi connectivity index (χ1) is 16.4. The Morgan fingerprint density at radius 2 is 1.94 bits per heavy atom. The van der Waals surface area contributed by atoms with Crippen LogP contribution in [0.4, 0.5) is 13.2 Å². The summed E-state index contributed by atoms with van der Waals surface area (Å²) in [6, 6.07) is 2.39. The Morgan fingerprint density at radius 3 is 2.57 bits per heavy atom. The van der Waals surface area contributed by atoms with Crippen LogP contribution in [-0.4, -0.2) is 67.2 Å². The van der Waals surface area contributed by atoms with E-state index in [9.17, 15) is 26.4 Å². The van der Waals surface area contributed by atoms with Gasteiger partial charge in [0.1, 0.15) is 22.6 Å². The first kappa shape index (κ1) is 23.2. The number of halogens is 3. The molecular weight excluding hydrogens is 487 g/mol. The van der Waals surface area contributed by atoms with Crippen LogP contribution >= 0.6 is 0 Å². The lowest BCUT2D eigenvalue weighted by Crippen LogP contribution is -2.30. The molecule has 5 rings (SSSR count). The van der Waals surface area contributed by atoms with Gasteiger partial charge in [0.25, 0.3) is 5.91 Å². The number of aryl methyl sites for hydroxylation is 1. The zero-order valence-corrected chi connectivity index (χ0v) is 19.7. The molecule has 4 aromatic rings. The monoisotopic (exact) mass is 507 g/mol. The molecule has 4 heterocycles. The van der Waals surface area contributed by atoms with Crippen molar-refractivity contribution < 1.29 is 26.4 Å². The molecule has 10 nitrogen and oxygen atoms in total. The molecule has 1 saturated carbocycles. The van der Waals surface area contributed by atoms with Gasteiger partial charge in [-0.1, -0.05) is 6.92 Å². The van der Waals surface area contributed by atoms with Gasteiger partial charge in [-0.15, -0.1) is 0 Å². The molecule has 0 aromatic carbocycles. The summed E-state index contributed by atoms with van der Waals surface area (Å²) >= 11 is 0. The third kappa shape index (κ3) is 3.72. The predicted octanol–water partition coefficient (Wildman–Crippen LogP) is 2.72. The van der Waals surface area contributed by atoms with Gasteiger partial charge >= 0.3 is 6.18 Å². The quantitative estimate of drug-likeness (QED) is 0.408. The van der Waals surface area contributed by atoms with Crippen LogP contribution in [0.3, 0.4) is 0 Å². The number of alkyl halides is 3. The van der Waals surface area contributed by atoms with Crippen molar-refractivity contribution in [1.82, 2.24) is 34.0 Å². The summed E-state index contributed by atoms with van der Waals surface area (Å²) in [6.07, 6.45) is -0.813. The van der Waals surface area contributed by atoms with E-state index in [-0.39, 0.29) is 56.6 Å². The minimum Gasteiger partial charge on any atom is -0.337 e. The highest BCUT2D eigenvalue weighted by molar-refractivity contribution is 7.91. The number of carbonyl (C=O) groups is 1. The number of fused-ring (bicyclic) bond motifs is 2. The van der Waals surface area contributed by atoms with Crippen molar-refractivity contribution in [2.24, 2.45) is 7.05 Å². The number of aromatic nitrogens is 6. The first-order valence-electron chi connectivity index (χ1n) is 10.7. The fourth-order valence-corrected chi connectivity index (χ4v) is 4.87. The fourth-order valence-electron chi connectivity index (χ4n) is 3.90. The van der Waals surface area contributed by atoms with Crippen molar-refractivity contribution in [1.29, 1.82) is 0 Å². The summed E-state index contributed by atoms with van der Waals surface area (Å²) in [6.45, 7) is 1.44. The lowest BCUT2D eigenvalue weighted by atomic mass is 10.2. The number of hydrogen-bond donors (Lipinski definition) is 0. The summed E-state index contributed by atoms with van der Waals surface area (Å²) in [7, 11) is -0.773. The van der Waals surface area contributed by atoms with Gasteiger partial charge in [0, 0.05) is 32.5 Å². The number of hydrogen-bond acceptors (Lipinski definition) is 7. The molecule has 35 heavy (non-hydrogen) atoms. The van der Waals surface area contributed by atoms with E-state index in [1.807, 2.05) is 0 Å². The highest BCUT2D eigenvalue weighted by Crippen LogP contribution is 2.35. The molecule has 0 N–H and O–H groups in total. The van der Waals surface area contributed by atoms with Gasteiger partial charge in [0.15, 0.2) is 26.2 Å². The lowest BCUT2D eigenvalue weighted by molar-refractivity contribution is -0.137. The van der Waals surface area contributed by atoms with Crippen molar-refractivity contribution in [3.63, 3.8) is 0 Å². The maximum atomic E-state index is 13.2. The van der Waals surface area contributed by atoms with E-state index in [4.69, 9.17) is 0 Å². The zero-order valence-electron chi connectivity index (χ0n) is 18.9. The number of pyridine rings is 1. The molecule has 0 atom stereocenters. The molecule has 14 heteroatoms. The first-order valence-corrected chi connectivity index (χ1v) is 12.4. The SMILES string of the molecule is CCS(=O)(=O)c1nn2c(C(=O)N(C)C3CC3)ccnc2c1-c1nc2cc(C(F)(F)F)cnc2n1C. The average Bonchev–Trinajstić information content (AvgIpc) is 3.52. The van der Waals surface area contributed by atoms with E-state index in [1.165, 1.54) is 30.8 Å². The summed E-state index contributed by atoms with van der Waals surface area (Å²) in [4.78, 5) is 27.1. The molecule has 4 aromatic heterocycles. The molecular formula is C21H20F3N7O3S. The Balaban J connectivity index is 1.79. The third-order valence-corrected chi connectivity index (χ3v) is 7.69. The highest BCUT2D eigenvalue weighted by atomic mass is 32.2. The van der Waals surface area contributed by atoms with Gasteiger partial charge in [-0.05, 0) is 25.0 Å². The second-order valence-corrected chi connectivity index (χ2v) is 10.5. The van der Waals surface area contributed by atoms with Crippen molar-refractivity contribution in [3.8, 4) is 11.4 Å². The number of nitrogens with zero attached hydrogens (tertiary/aromatic N) is 7. The Morgan fingerprint density at radius 1 is 1.23 bits per heavy atom. The number of carbonyl (C=O) groups excluding carboxylic acids is 1. The summed E-state index contributed by atoms with van der Waals surface area (Å²) in [5, 5.41) is 3.88.